The number of hydrogen-bond acceptors (Lipinski definition) is 2. The molecule has 0 aliphatic rings. The lowest BCUT2D eigenvalue weighted by molar-refractivity contribution is 1.23. The van der Waals surface area contributed by atoms with Gasteiger partial charge in [0, 0.05) is 19.1 Å². The standard InChI is InChI=1S/C10H7BrCl2S2/c1-5-4-6(11)9(15-5)8(13)10-7(12)2-3-14-10/h2-4,8H,1H3. The van der Waals surface area contributed by atoms with Gasteiger partial charge in [-0.3, -0.25) is 0 Å². The van der Waals surface area contributed by atoms with Gasteiger partial charge in [-0.25, -0.2) is 0 Å². The maximum atomic E-state index is 6.40. The minimum atomic E-state index is -0.148. The molecule has 2 rings (SSSR count). The molecule has 0 saturated carbocycles. The van der Waals surface area contributed by atoms with Crippen LogP contribution in [0.1, 0.15) is 20.0 Å². The smallest absolute Gasteiger partial charge is 0.105 e. The van der Waals surface area contributed by atoms with Crippen molar-refractivity contribution in [2.75, 3.05) is 0 Å². The highest BCUT2D eigenvalue weighted by molar-refractivity contribution is 9.10. The molecular weight excluding hydrogens is 335 g/mol. The van der Waals surface area contributed by atoms with Crippen molar-refractivity contribution < 1.29 is 0 Å². The van der Waals surface area contributed by atoms with E-state index in [1.807, 2.05) is 11.4 Å². The van der Waals surface area contributed by atoms with Crippen LogP contribution in [0.25, 0.3) is 0 Å². The lowest BCUT2D eigenvalue weighted by Gasteiger charge is -2.06. The fraction of sp³-hybridized carbons (Fsp3) is 0.200. The Balaban J connectivity index is 2.40. The van der Waals surface area contributed by atoms with Gasteiger partial charge in [0.05, 0.1) is 5.02 Å². The third kappa shape index (κ3) is 2.42. The zero-order valence-corrected chi connectivity index (χ0v) is 12.5. The highest BCUT2D eigenvalue weighted by Crippen LogP contribution is 2.43. The van der Waals surface area contributed by atoms with Crippen LogP contribution in [0.5, 0.6) is 0 Å². The van der Waals surface area contributed by atoms with Crippen molar-refractivity contribution in [1.29, 1.82) is 0 Å². The Morgan fingerprint density at radius 2 is 2.13 bits per heavy atom. The highest BCUT2D eigenvalue weighted by atomic mass is 79.9. The molecule has 0 fully saturated rings. The van der Waals surface area contributed by atoms with Crippen LogP contribution in [0.4, 0.5) is 0 Å². The Morgan fingerprint density at radius 3 is 2.60 bits per heavy atom. The van der Waals surface area contributed by atoms with E-state index in [-0.39, 0.29) is 5.38 Å². The molecule has 0 amide bonds. The van der Waals surface area contributed by atoms with Crippen LogP contribution < -0.4 is 0 Å². The maximum Gasteiger partial charge on any atom is 0.105 e. The van der Waals surface area contributed by atoms with Crippen molar-refractivity contribution in [1.82, 2.24) is 0 Å². The number of aryl methyl sites for hydroxylation is 1. The van der Waals surface area contributed by atoms with Gasteiger partial charge in [0.25, 0.3) is 0 Å². The Bertz CT molecular complexity index is 475. The zero-order valence-electron chi connectivity index (χ0n) is 7.76. The Kier molecular flexibility index (Phi) is 3.79. The van der Waals surface area contributed by atoms with E-state index in [0.29, 0.717) is 0 Å². The van der Waals surface area contributed by atoms with Gasteiger partial charge in [0.15, 0.2) is 0 Å². The Morgan fingerprint density at radius 1 is 1.40 bits per heavy atom. The summed E-state index contributed by atoms with van der Waals surface area (Å²) in [5.74, 6) is 0. The number of thiophene rings is 2. The van der Waals surface area contributed by atoms with Crippen LogP contribution >= 0.6 is 61.8 Å². The number of alkyl halides is 1. The molecule has 0 N–H and O–H groups in total. The average molecular weight is 342 g/mol. The molecule has 1 atom stereocenters. The van der Waals surface area contributed by atoms with Gasteiger partial charge in [0.1, 0.15) is 5.38 Å². The van der Waals surface area contributed by atoms with Crippen molar-refractivity contribution in [2.45, 2.75) is 12.3 Å². The minimum absolute atomic E-state index is 0.148. The summed E-state index contributed by atoms with van der Waals surface area (Å²) in [7, 11) is 0. The molecular formula is C10H7BrCl2S2. The van der Waals surface area contributed by atoms with Crippen LogP contribution in [0.3, 0.4) is 0 Å². The highest BCUT2D eigenvalue weighted by Gasteiger charge is 2.20. The molecule has 5 heteroatoms. The first kappa shape index (κ1) is 11.9. The summed E-state index contributed by atoms with van der Waals surface area (Å²) >= 11 is 19.3. The summed E-state index contributed by atoms with van der Waals surface area (Å²) in [6.07, 6.45) is 0. The Labute approximate surface area is 115 Å². The topological polar surface area (TPSA) is 0 Å². The monoisotopic (exact) mass is 340 g/mol. The first-order valence-corrected chi connectivity index (χ1v) is 7.52. The number of halogens is 3. The van der Waals surface area contributed by atoms with E-state index in [4.69, 9.17) is 23.2 Å². The molecule has 0 aliphatic heterocycles. The molecule has 0 aromatic carbocycles. The van der Waals surface area contributed by atoms with E-state index in [2.05, 4.69) is 28.9 Å². The summed E-state index contributed by atoms with van der Waals surface area (Å²) in [6, 6.07) is 3.96. The van der Waals surface area contributed by atoms with Crippen LogP contribution in [0.15, 0.2) is 22.0 Å². The van der Waals surface area contributed by atoms with Crippen molar-refractivity contribution >= 4 is 61.8 Å². The van der Waals surface area contributed by atoms with Crippen LogP contribution in [0.2, 0.25) is 5.02 Å². The predicted octanol–water partition coefficient (Wildman–Crippen LogP) is 5.86. The Hall–Kier alpha value is 0.460. The molecule has 0 nitrogen and oxygen atoms in total. The second-order valence-corrected chi connectivity index (χ2v) is 7.00. The van der Waals surface area contributed by atoms with Gasteiger partial charge < -0.3 is 0 Å². The van der Waals surface area contributed by atoms with Gasteiger partial charge in [-0.05, 0) is 40.4 Å². The third-order valence-electron chi connectivity index (χ3n) is 1.94. The lowest BCUT2D eigenvalue weighted by atomic mass is 10.3. The van der Waals surface area contributed by atoms with Crippen molar-refractivity contribution in [2.24, 2.45) is 0 Å². The minimum Gasteiger partial charge on any atom is -0.145 e. The van der Waals surface area contributed by atoms with E-state index < -0.39 is 0 Å². The number of rotatable bonds is 2. The summed E-state index contributed by atoms with van der Waals surface area (Å²) in [5, 5.41) is 2.56. The quantitative estimate of drug-likeness (QED) is 0.600. The zero-order chi connectivity index (χ0) is 11.0. The van der Waals surface area contributed by atoms with E-state index in [9.17, 15) is 0 Å². The molecule has 2 aromatic heterocycles. The molecule has 0 spiro atoms. The first-order chi connectivity index (χ1) is 7.09. The lowest BCUT2D eigenvalue weighted by Crippen LogP contribution is -1.87. The molecule has 0 aliphatic carbocycles. The maximum absolute atomic E-state index is 6.40. The fourth-order valence-corrected chi connectivity index (χ4v) is 5.08. The number of hydrogen-bond donors (Lipinski definition) is 0. The largest absolute Gasteiger partial charge is 0.145 e. The molecule has 80 valence electrons. The summed E-state index contributed by atoms with van der Waals surface area (Å²) < 4.78 is 1.06. The van der Waals surface area contributed by atoms with Crippen LogP contribution in [-0.2, 0) is 0 Å². The van der Waals surface area contributed by atoms with Crippen LogP contribution in [-0.4, -0.2) is 0 Å². The van der Waals surface area contributed by atoms with Crippen molar-refractivity contribution in [3.8, 4) is 0 Å². The second-order valence-electron chi connectivity index (χ2n) is 3.06. The van der Waals surface area contributed by atoms with Crippen molar-refractivity contribution in [3.05, 3.63) is 41.6 Å². The third-order valence-corrected chi connectivity index (χ3v) is 6.09. The summed E-state index contributed by atoms with van der Waals surface area (Å²) in [5.41, 5.74) is 0. The van der Waals surface area contributed by atoms with Gasteiger partial charge >= 0.3 is 0 Å². The van der Waals surface area contributed by atoms with E-state index >= 15 is 0 Å². The van der Waals surface area contributed by atoms with Crippen LogP contribution in [0, 0.1) is 6.92 Å². The molecule has 15 heavy (non-hydrogen) atoms. The normalized spacial score (nSPS) is 13.1. The first-order valence-electron chi connectivity index (χ1n) is 4.22. The molecule has 1 unspecified atom stereocenters. The molecule has 2 heterocycles. The second kappa shape index (κ2) is 4.76. The molecule has 0 bridgehead atoms. The SMILES string of the molecule is Cc1cc(Br)c(C(Cl)c2sccc2Cl)s1. The summed E-state index contributed by atoms with van der Waals surface area (Å²) in [4.78, 5) is 3.38. The predicted molar refractivity (Wildman–Crippen MR) is 73.8 cm³/mol. The average Bonchev–Trinajstić information content (AvgIpc) is 2.71. The fourth-order valence-electron chi connectivity index (χ4n) is 1.28. The van der Waals surface area contributed by atoms with E-state index in [0.717, 1.165) is 19.2 Å². The van der Waals surface area contributed by atoms with Gasteiger partial charge in [-0.1, -0.05) is 11.6 Å². The molecule has 2 aromatic rings. The molecule has 0 radical (unpaired) electrons. The van der Waals surface area contributed by atoms with Gasteiger partial charge in [-0.15, -0.1) is 34.3 Å². The van der Waals surface area contributed by atoms with E-state index in [1.165, 1.54) is 4.88 Å². The van der Waals surface area contributed by atoms with Crippen molar-refractivity contribution in [3.63, 3.8) is 0 Å². The summed E-state index contributed by atoms with van der Waals surface area (Å²) in [6.45, 7) is 2.07. The van der Waals surface area contributed by atoms with E-state index in [1.54, 1.807) is 22.7 Å². The van der Waals surface area contributed by atoms with Gasteiger partial charge in [-0.2, -0.15) is 0 Å². The molecule has 0 saturated heterocycles. The van der Waals surface area contributed by atoms with Gasteiger partial charge in [0.2, 0.25) is 0 Å².